The molecule has 1 unspecified atom stereocenters. The van der Waals surface area contributed by atoms with Crippen LogP contribution in [0.2, 0.25) is 0 Å². The van der Waals surface area contributed by atoms with Gasteiger partial charge >= 0.3 is 0 Å². The van der Waals surface area contributed by atoms with Crippen LogP contribution in [0.4, 0.5) is 0 Å². The van der Waals surface area contributed by atoms with E-state index in [1.807, 2.05) is 33.0 Å². The Hall–Kier alpha value is -0.970. The maximum absolute atomic E-state index is 9.65. The number of hydrogen-bond donors (Lipinski definition) is 2. The summed E-state index contributed by atoms with van der Waals surface area (Å²) in [5, 5.41) is 12.9. The van der Waals surface area contributed by atoms with E-state index in [1.165, 1.54) is 5.56 Å². The summed E-state index contributed by atoms with van der Waals surface area (Å²) in [6, 6.07) is 1.99. The van der Waals surface area contributed by atoms with Crippen LogP contribution in [0, 0.1) is 6.92 Å². The predicted molar refractivity (Wildman–Crippen MR) is 67.8 cm³/mol. The molecule has 0 fully saturated rings. The Labute approximate surface area is 103 Å². The van der Waals surface area contributed by atoms with Gasteiger partial charge in [-0.25, -0.2) is 0 Å². The van der Waals surface area contributed by atoms with Crippen LogP contribution in [0.5, 0.6) is 0 Å². The van der Waals surface area contributed by atoms with Crippen molar-refractivity contribution < 1.29 is 9.84 Å². The third-order valence-corrected chi connectivity index (χ3v) is 2.45. The second kappa shape index (κ2) is 7.37. The lowest BCUT2D eigenvalue weighted by Gasteiger charge is -2.14. The van der Waals surface area contributed by atoms with E-state index in [0.717, 1.165) is 12.1 Å². The summed E-state index contributed by atoms with van der Waals surface area (Å²) in [7, 11) is 0. The van der Waals surface area contributed by atoms with E-state index >= 15 is 0 Å². The lowest BCUT2D eigenvalue weighted by Crippen LogP contribution is -2.31. The lowest BCUT2D eigenvalue weighted by atomic mass is 10.1. The molecule has 0 aliphatic heterocycles. The smallest absolute Gasteiger partial charge is 0.0897 e. The number of aliphatic hydroxyl groups excluding tert-OH is 1. The Morgan fingerprint density at radius 3 is 2.88 bits per heavy atom. The molecular formula is C13H22N2O2. The van der Waals surface area contributed by atoms with Crippen LogP contribution in [-0.2, 0) is 11.3 Å². The van der Waals surface area contributed by atoms with Crippen LogP contribution in [0.25, 0.3) is 0 Å². The van der Waals surface area contributed by atoms with Crippen molar-refractivity contribution in [1.82, 2.24) is 10.3 Å². The first-order valence-corrected chi connectivity index (χ1v) is 5.99. The molecule has 0 saturated carbocycles. The molecule has 0 aromatic carbocycles. The highest BCUT2D eigenvalue weighted by Crippen LogP contribution is 2.03. The monoisotopic (exact) mass is 238 g/mol. The van der Waals surface area contributed by atoms with Crippen molar-refractivity contribution in [3.05, 3.63) is 29.6 Å². The van der Waals surface area contributed by atoms with Crippen molar-refractivity contribution in [2.24, 2.45) is 0 Å². The van der Waals surface area contributed by atoms with Gasteiger partial charge in [-0.3, -0.25) is 4.98 Å². The molecule has 1 rings (SSSR count). The molecule has 0 aliphatic carbocycles. The third kappa shape index (κ3) is 5.77. The van der Waals surface area contributed by atoms with Gasteiger partial charge < -0.3 is 15.2 Å². The van der Waals surface area contributed by atoms with Crippen molar-refractivity contribution in [3.8, 4) is 0 Å². The summed E-state index contributed by atoms with van der Waals surface area (Å²) in [5.74, 6) is 0. The van der Waals surface area contributed by atoms with Crippen molar-refractivity contribution in [2.45, 2.75) is 39.5 Å². The second-order valence-corrected chi connectivity index (χ2v) is 4.47. The van der Waals surface area contributed by atoms with E-state index in [9.17, 15) is 5.11 Å². The number of ether oxygens (including phenoxy) is 1. The van der Waals surface area contributed by atoms with Gasteiger partial charge in [-0.1, -0.05) is 0 Å². The fraction of sp³-hybridized carbons (Fsp3) is 0.615. The predicted octanol–water partition coefficient (Wildman–Crippen LogP) is 1.27. The average Bonchev–Trinajstić information content (AvgIpc) is 2.29. The van der Waals surface area contributed by atoms with Gasteiger partial charge in [0.1, 0.15) is 0 Å². The van der Waals surface area contributed by atoms with Crippen LogP contribution in [0.15, 0.2) is 18.5 Å². The van der Waals surface area contributed by atoms with E-state index in [4.69, 9.17) is 4.74 Å². The summed E-state index contributed by atoms with van der Waals surface area (Å²) < 4.78 is 5.33. The average molecular weight is 238 g/mol. The van der Waals surface area contributed by atoms with Crippen molar-refractivity contribution in [1.29, 1.82) is 0 Å². The summed E-state index contributed by atoms with van der Waals surface area (Å²) in [4.78, 5) is 4.04. The van der Waals surface area contributed by atoms with Gasteiger partial charge in [0.15, 0.2) is 0 Å². The molecular weight excluding hydrogens is 216 g/mol. The van der Waals surface area contributed by atoms with E-state index in [-0.39, 0.29) is 6.10 Å². The zero-order valence-electron chi connectivity index (χ0n) is 10.8. The van der Waals surface area contributed by atoms with Gasteiger partial charge in [-0.2, -0.15) is 0 Å². The summed E-state index contributed by atoms with van der Waals surface area (Å²) in [6.07, 6.45) is 3.32. The minimum Gasteiger partial charge on any atom is -0.389 e. The van der Waals surface area contributed by atoms with E-state index in [0.29, 0.717) is 13.2 Å². The Morgan fingerprint density at radius 2 is 2.24 bits per heavy atom. The van der Waals surface area contributed by atoms with Gasteiger partial charge in [0, 0.05) is 25.5 Å². The molecule has 2 N–H and O–H groups in total. The summed E-state index contributed by atoms with van der Waals surface area (Å²) >= 11 is 0. The highest BCUT2D eigenvalue weighted by atomic mass is 16.5. The third-order valence-electron chi connectivity index (χ3n) is 2.45. The number of aromatic nitrogens is 1. The first-order valence-electron chi connectivity index (χ1n) is 5.99. The molecule has 1 aromatic heterocycles. The van der Waals surface area contributed by atoms with E-state index in [2.05, 4.69) is 10.3 Å². The molecule has 0 amide bonds. The van der Waals surface area contributed by atoms with Crippen LogP contribution in [-0.4, -0.2) is 35.5 Å². The Kier molecular flexibility index (Phi) is 6.11. The molecule has 0 radical (unpaired) electrons. The maximum Gasteiger partial charge on any atom is 0.0897 e. The lowest BCUT2D eigenvalue weighted by molar-refractivity contribution is 0.00630. The topological polar surface area (TPSA) is 54.4 Å². The Morgan fingerprint density at radius 1 is 1.47 bits per heavy atom. The van der Waals surface area contributed by atoms with Crippen molar-refractivity contribution in [2.75, 3.05) is 13.2 Å². The number of nitrogens with one attached hydrogen (secondary N) is 1. The highest BCUT2D eigenvalue weighted by Gasteiger charge is 2.05. The van der Waals surface area contributed by atoms with Gasteiger partial charge in [-0.05, 0) is 38.0 Å². The summed E-state index contributed by atoms with van der Waals surface area (Å²) in [6.45, 7) is 7.60. The van der Waals surface area contributed by atoms with Gasteiger partial charge in [0.05, 0.1) is 18.8 Å². The molecule has 0 saturated heterocycles. The van der Waals surface area contributed by atoms with Gasteiger partial charge in [-0.15, -0.1) is 0 Å². The van der Waals surface area contributed by atoms with Gasteiger partial charge in [0.25, 0.3) is 0 Å². The minimum absolute atomic E-state index is 0.159. The van der Waals surface area contributed by atoms with Gasteiger partial charge in [0.2, 0.25) is 0 Å². The number of pyridine rings is 1. The fourth-order valence-electron chi connectivity index (χ4n) is 1.44. The molecule has 96 valence electrons. The maximum atomic E-state index is 9.65. The molecule has 0 aliphatic rings. The van der Waals surface area contributed by atoms with E-state index < -0.39 is 6.10 Å². The second-order valence-electron chi connectivity index (χ2n) is 4.47. The van der Waals surface area contributed by atoms with Crippen molar-refractivity contribution >= 4 is 0 Å². The number of aryl methyl sites for hydroxylation is 1. The number of nitrogens with zero attached hydrogens (tertiary/aromatic N) is 1. The molecule has 1 atom stereocenters. The van der Waals surface area contributed by atoms with Crippen LogP contribution < -0.4 is 5.32 Å². The quantitative estimate of drug-likeness (QED) is 0.751. The highest BCUT2D eigenvalue weighted by molar-refractivity contribution is 5.21. The first-order chi connectivity index (χ1) is 8.09. The molecule has 4 nitrogen and oxygen atoms in total. The molecule has 0 bridgehead atoms. The molecule has 1 heterocycles. The number of hydrogen-bond acceptors (Lipinski definition) is 4. The zero-order chi connectivity index (χ0) is 12.7. The molecule has 4 heteroatoms. The number of aliphatic hydroxyl groups is 1. The Balaban J connectivity index is 2.21. The van der Waals surface area contributed by atoms with E-state index in [1.54, 1.807) is 6.20 Å². The first kappa shape index (κ1) is 14.1. The zero-order valence-corrected chi connectivity index (χ0v) is 10.8. The minimum atomic E-state index is -0.459. The molecule has 1 aromatic rings. The normalized spacial score (nSPS) is 13.0. The Bertz CT molecular complexity index is 329. The fourth-order valence-corrected chi connectivity index (χ4v) is 1.44. The van der Waals surface area contributed by atoms with Crippen molar-refractivity contribution in [3.63, 3.8) is 0 Å². The largest absolute Gasteiger partial charge is 0.389 e. The molecule has 17 heavy (non-hydrogen) atoms. The standard InChI is InChI=1S/C13H22N2O2/c1-10(2)17-9-13(16)8-15-7-12-4-5-14-6-11(12)3/h4-6,10,13,15-16H,7-9H2,1-3H3. The van der Waals surface area contributed by atoms with Crippen LogP contribution in [0.3, 0.4) is 0 Å². The SMILES string of the molecule is Cc1cnccc1CNCC(O)COC(C)C. The van der Waals surface area contributed by atoms with Crippen LogP contribution >= 0.6 is 0 Å². The number of rotatable bonds is 7. The summed E-state index contributed by atoms with van der Waals surface area (Å²) in [5.41, 5.74) is 2.37. The van der Waals surface area contributed by atoms with Crippen LogP contribution in [0.1, 0.15) is 25.0 Å². The molecule has 0 spiro atoms.